The number of aliphatic hydroxyl groups excluding tert-OH is 4. The number of aliphatic carboxylic acids is 2. The Morgan fingerprint density at radius 1 is 0.625 bits per heavy atom. The summed E-state index contributed by atoms with van der Waals surface area (Å²) >= 11 is 0. The van der Waals surface area contributed by atoms with E-state index in [1.807, 2.05) is 0 Å². The second-order valence-corrected chi connectivity index (χ2v) is 7.31. The minimum absolute atomic E-state index is 0.0237. The summed E-state index contributed by atoms with van der Waals surface area (Å²) in [4.78, 5) is 22.4. The Hall–Kier alpha value is -2.92. The molecular weight excluding hydrogens is 424 g/mol. The predicted molar refractivity (Wildman–Crippen MR) is 113 cm³/mol. The lowest BCUT2D eigenvalue weighted by Gasteiger charge is -2.31. The first kappa shape index (κ1) is 27.1. The molecule has 1 aliphatic rings. The Balaban J connectivity index is 0.000000330. The largest absolute Gasteiger partial charge is 0.508 e. The SMILES string of the molecule is O=C(O)C1(CCO)C=CC(CCO)(C(=O)O)C=C1.OCCc1c(O)ccc(O)c1CCO. The van der Waals surface area contributed by atoms with Crippen LogP contribution in [-0.2, 0) is 22.4 Å². The average Bonchev–Trinajstić information content (AvgIpc) is 2.75. The molecule has 0 aromatic heterocycles. The van der Waals surface area contributed by atoms with Gasteiger partial charge in [0.1, 0.15) is 22.3 Å². The van der Waals surface area contributed by atoms with E-state index in [2.05, 4.69) is 0 Å². The lowest BCUT2D eigenvalue weighted by Crippen LogP contribution is -2.36. The van der Waals surface area contributed by atoms with Gasteiger partial charge in [-0.3, -0.25) is 9.59 Å². The van der Waals surface area contributed by atoms with Crippen molar-refractivity contribution >= 4 is 11.9 Å². The molecule has 178 valence electrons. The van der Waals surface area contributed by atoms with Crippen LogP contribution in [0.2, 0.25) is 0 Å². The summed E-state index contributed by atoms with van der Waals surface area (Å²) in [6.45, 7) is -0.840. The second-order valence-electron chi connectivity index (χ2n) is 7.31. The van der Waals surface area contributed by atoms with E-state index >= 15 is 0 Å². The number of hydrogen-bond acceptors (Lipinski definition) is 8. The Labute approximate surface area is 185 Å². The molecule has 0 heterocycles. The predicted octanol–water partition coefficient (Wildman–Crippen LogP) is 0.187. The Morgan fingerprint density at radius 2 is 0.938 bits per heavy atom. The minimum Gasteiger partial charge on any atom is -0.508 e. The van der Waals surface area contributed by atoms with E-state index in [4.69, 9.17) is 30.6 Å². The molecule has 0 spiro atoms. The van der Waals surface area contributed by atoms with Crippen LogP contribution in [0.5, 0.6) is 11.5 Å². The highest BCUT2D eigenvalue weighted by Gasteiger charge is 2.42. The van der Waals surface area contributed by atoms with Gasteiger partial charge >= 0.3 is 11.9 Å². The van der Waals surface area contributed by atoms with Gasteiger partial charge in [-0.2, -0.15) is 0 Å². The summed E-state index contributed by atoms with van der Waals surface area (Å²) in [6, 6.07) is 2.75. The third-order valence-corrected chi connectivity index (χ3v) is 5.31. The molecule has 32 heavy (non-hydrogen) atoms. The first-order valence-electron chi connectivity index (χ1n) is 9.96. The third-order valence-electron chi connectivity index (χ3n) is 5.31. The number of carboxylic acid groups (broad SMARTS) is 2. The topological polar surface area (TPSA) is 196 Å². The van der Waals surface area contributed by atoms with Gasteiger partial charge in [-0.1, -0.05) is 24.3 Å². The Morgan fingerprint density at radius 3 is 1.16 bits per heavy atom. The van der Waals surface area contributed by atoms with E-state index in [1.54, 1.807) is 0 Å². The molecule has 0 saturated heterocycles. The van der Waals surface area contributed by atoms with E-state index in [9.17, 15) is 19.8 Å². The summed E-state index contributed by atoms with van der Waals surface area (Å²) in [5.41, 5.74) is -1.74. The van der Waals surface area contributed by atoms with Crippen molar-refractivity contribution in [3.63, 3.8) is 0 Å². The van der Waals surface area contributed by atoms with E-state index < -0.39 is 22.8 Å². The van der Waals surface area contributed by atoms with Crippen molar-refractivity contribution < 1.29 is 50.4 Å². The lowest BCUT2D eigenvalue weighted by atomic mass is 9.72. The van der Waals surface area contributed by atoms with E-state index in [0.29, 0.717) is 11.1 Å². The first-order valence-corrected chi connectivity index (χ1v) is 9.96. The van der Waals surface area contributed by atoms with Gasteiger partial charge in [0.05, 0.1) is 0 Å². The summed E-state index contributed by atoms with van der Waals surface area (Å²) in [5, 5.41) is 72.6. The summed E-state index contributed by atoms with van der Waals surface area (Å²) < 4.78 is 0. The third kappa shape index (κ3) is 6.30. The van der Waals surface area contributed by atoms with Crippen molar-refractivity contribution in [3.8, 4) is 11.5 Å². The van der Waals surface area contributed by atoms with Gasteiger partial charge in [-0.15, -0.1) is 0 Å². The number of hydrogen-bond donors (Lipinski definition) is 8. The molecule has 0 amide bonds. The Kier molecular flexibility index (Phi) is 10.3. The normalized spacial score (nSPS) is 21.6. The minimum atomic E-state index is -1.37. The number of phenolic OH excluding ortho intramolecular Hbond substituents is 2. The van der Waals surface area contributed by atoms with Gasteiger partial charge in [0.15, 0.2) is 0 Å². The molecule has 1 aromatic rings. The molecule has 0 radical (unpaired) electrons. The molecular formula is C22H30O10. The van der Waals surface area contributed by atoms with Crippen LogP contribution in [0.15, 0.2) is 36.4 Å². The van der Waals surface area contributed by atoms with Crippen LogP contribution in [0.3, 0.4) is 0 Å². The average molecular weight is 454 g/mol. The van der Waals surface area contributed by atoms with E-state index in [-0.39, 0.29) is 63.6 Å². The molecule has 2 rings (SSSR count). The lowest BCUT2D eigenvalue weighted by molar-refractivity contribution is -0.147. The summed E-state index contributed by atoms with van der Waals surface area (Å²) in [6.07, 6.45) is 5.59. The van der Waals surface area contributed by atoms with Crippen molar-refractivity contribution in [2.75, 3.05) is 26.4 Å². The van der Waals surface area contributed by atoms with Crippen LogP contribution in [-0.4, -0.2) is 79.2 Å². The maximum atomic E-state index is 11.2. The van der Waals surface area contributed by atoms with Crippen molar-refractivity contribution in [3.05, 3.63) is 47.6 Å². The first-order chi connectivity index (χ1) is 15.1. The molecule has 10 heteroatoms. The smallest absolute Gasteiger partial charge is 0.317 e. The van der Waals surface area contributed by atoms with Crippen LogP contribution < -0.4 is 0 Å². The molecule has 1 aliphatic carbocycles. The molecule has 10 nitrogen and oxygen atoms in total. The fraction of sp³-hybridized carbons (Fsp3) is 0.455. The highest BCUT2D eigenvalue weighted by molar-refractivity contribution is 5.84. The van der Waals surface area contributed by atoms with Crippen LogP contribution >= 0.6 is 0 Å². The standard InChI is InChI=1S/C12H16O6.C10H14O4/c13-7-5-11(9(15)16)1-2-12(4-3-11,6-8-14)10(17)18;11-5-3-7-8(4-6-12)10(14)2-1-9(7)13/h1-4,13-14H,5-8H2,(H,15,16)(H,17,18);1-2,11-14H,3-6H2. The maximum absolute atomic E-state index is 11.2. The molecule has 0 fully saturated rings. The number of benzene rings is 1. The zero-order valence-electron chi connectivity index (χ0n) is 17.5. The van der Waals surface area contributed by atoms with Gasteiger partial charge in [0.25, 0.3) is 0 Å². The number of aromatic hydroxyl groups is 2. The number of carboxylic acids is 2. The quantitative estimate of drug-likeness (QED) is 0.178. The van der Waals surface area contributed by atoms with Gasteiger partial charge < -0.3 is 40.9 Å². The van der Waals surface area contributed by atoms with E-state index in [0.717, 1.165) is 0 Å². The number of rotatable bonds is 10. The maximum Gasteiger partial charge on any atom is 0.317 e. The molecule has 0 bridgehead atoms. The van der Waals surface area contributed by atoms with Crippen molar-refractivity contribution in [1.29, 1.82) is 0 Å². The fourth-order valence-corrected chi connectivity index (χ4v) is 3.36. The zero-order valence-corrected chi connectivity index (χ0v) is 17.5. The van der Waals surface area contributed by atoms with Gasteiger partial charge in [0, 0.05) is 37.6 Å². The fourth-order valence-electron chi connectivity index (χ4n) is 3.36. The molecule has 1 aromatic carbocycles. The van der Waals surface area contributed by atoms with Crippen molar-refractivity contribution in [2.24, 2.45) is 10.8 Å². The molecule has 0 unspecified atom stereocenters. The molecule has 0 aliphatic heterocycles. The van der Waals surface area contributed by atoms with E-state index in [1.165, 1.54) is 36.4 Å². The highest BCUT2D eigenvalue weighted by Crippen LogP contribution is 2.38. The summed E-state index contributed by atoms with van der Waals surface area (Å²) in [5.74, 6) is -2.21. The van der Waals surface area contributed by atoms with Crippen LogP contribution in [0.4, 0.5) is 0 Å². The van der Waals surface area contributed by atoms with Crippen molar-refractivity contribution in [2.45, 2.75) is 25.7 Å². The van der Waals surface area contributed by atoms with Crippen LogP contribution in [0.1, 0.15) is 24.0 Å². The van der Waals surface area contributed by atoms with Gasteiger partial charge in [-0.25, -0.2) is 0 Å². The van der Waals surface area contributed by atoms with Gasteiger partial charge in [-0.05, 0) is 37.8 Å². The zero-order chi connectivity index (χ0) is 24.4. The van der Waals surface area contributed by atoms with Crippen molar-refractivity contribution in [1.82, 2.24) is 0 Å². The molecule has 0 atom stereocenters. The molecule has 0 saturated carbocycles. The molecule has 8 N–H and O–H groups in total. The number of phenols is 2. The Bertz CT molecular complexity index is 762. The number of aliphatic hydroxyl groups is 4. The van der Waals surface area contributed by atoms with Crippen LogP contribution in [0, 0.1) is 10.8 Å². The monoisotopic (exact) mass is 454 g/mol. The van der Waals surface area contributed by atoms with Crippen LogP contribution in [0.25, 0.3) is 0 Å². The summed E-state index contributed by atoms with van der Waals surface area (Å²) in [7, 11) is 0. The van der Waals surface area contributed by atoms with Gasteiger partial charge in [0.2, 0.25) is 0 Å². The number of carbonyl (C=O) groups is 2. The second kappa shape index (κ2) is 12.2. The highest BCUT2D eigenvalue weighted by atomic mass is 16.4.